The summed E-state index contributed by atoms with van der Waals surface area (Å²) >= 11 is 0. The summed E-state index contributed by atoms with van der Waals surface area (Å²) < 4.78 is 13.0. The average Bonchev–Trinajstić information content (AvgIpc) is 3.14. The van der Waals surface area contributed by atoms with E-state index in [9.17, 15) is 4.79 Å². The van der Waals surface area contributed by atoms with Crippen molar-refractivity contribution < 1.29 is 14.3 Å². The van der Waals surface area contributed by atoms with Gasteiger partial charge in [0.1, 0.15) is 18.4 Å². The highest BCUT2D eigenvalue weighted by atomic mass is 16.5. The second-order valence-electron chi connectivity index (χ2n) is 6.80. The fraction of sp³-hybridized carbons (Fsp3) is 0.500. The van der Waals surface area contributed by atoms with E-state index in [0.29, 0.717) is 13.2 Å². The largest absolute Gasteiger partial charge is 0.492 e. The number of benzene rings is 1. The van der Waals surface area contributed by atoms with Gasteiger partial charge in [-0.25, -0.2) is 0 Å². The molecule has 1 aliphatic heterocycles. The van der Waals surface area contributed by atoms with E-state index >= 15 is 0 Å². The van der Waals surface area contributed by atoms with Gasteiger partial charge in [0, 0.05) is 50.6 Å². The maximum absolute atomic E-state index is 12.6. The molecular formula is C20H29N5O3. The molecule has 1 fully saturated rings. The van der Waals surface area contributed by atoms with Gasteiger partial charge in [0.25, 0.3) is 0 Å². The Bertz CT molecular complexity index is 758. The lowest BCUT2D eigenvalue weighted by Gasteiger charge is -2.26. The Hall–Kier alpha value is -2.42. The Labute approximate surface area is 165 Å². The van der Waals surface area contributed by atoms with Crippen LogP contribution in [0.5, 0.6) is 5.75 Å². The summed E-state index contributed by atoms with van der Waals surface area (Å²) in [5, 5.41) is 10.2. The van der Waals surface area contributed by atoms with Crippen molar-refractivity contribution in [2.75, 3.05) is 46.5 Å². The second kappa shape index (κ2) is 10.2. The summed E-state index contributed by atoms with van der Waals surface area (Å²) in [6.45, 7) is 5.34. The summed E-state index contributed by atoms with van der Waals surface area (Å²) in [5.74, 6) is 0.706. The Balaban J connectivity index is 1.53. The van der Waals surface area contributed by atoms with Gasteiger partial charge >= 0.3 is 0 Å². The summed E-state index contributed by atoms with van der Waals surface area (Å²) in [6.07, 6.45) is 3.53. The molecule has 8 heteroatoms. The van der Waals surface area contributed by atoms with Gasteiger partial charge in [-0.05, 0) is 13.1 Å². The molecule has 3 rings (SSSR count). The van der Waals surface area contributed by atoms with Gasteiger partial charge in [-0.15, -0.1) is 0 Å². The van der Waals surface area contributed by atoms with Gasteiger partial charge in [-0.2, -0.15) is 5.10 Å². The third-order valence-corrected chi connectivity index (χ3v) is 4.80. The predicted octanol–water partition coefficient (Wildman–Crippen LogP) is 0.708. The monoisotopic (exact) mass is 387 g/mol. The zero-order valence-corrected chi connectivity index (χ0v) is 16.6. The summed E-state index contributed by atoms with van der Waals surface area (Å²) in [7, 11) is 3.60. The van der Waals surface area contributed by atoms with E-state index in [1.807, 2.05) is 37.5 Å². The molecule has 0 spiro atoms. The van der Waals surface area contributed by atoms with Crippen LogP contribution in [0.2, 0.25) is 0 Å². The summed E-state index contributed by atoms with van der Waals surface area (Å²) in [5.41, 5.74) is 1.79. The van der Waals surface area contributed by atoms with E-state index < -0.39 is 6.04 Å². The molecule has 2 aromatic rings. The Morgan fingerprint density at radius 3 is 2.82 bits per heavy atom. The van der Waals surface area contributed by atoms with Crippen LogP contribution in [0, 0.1) is 0 Å². The highest BCUT2D eigenvalue weighted by Gasteiger charge is 2.20. The number of para-hydroxylation sites is 1. The van der Waals surface area contributed by atoms with Crippen LogP contribution in [-0.4, -0.2) is 67.1 Å². The molecule has 1 aromatic heterocycles. The first-order valence-corrected chi connectivity index (χ1v) is 9.61. The van der Waals surface area contributed by atoms with Crippen molar-refractivity contribution >= 4 is 5.91 Å². The minimum absolute atomic E-state index is 0.0985. The minimum Gasteiger partial charge on any atom is -0.492 e. The number of hydrogen-bond acceptors (Lipinski definition) is 6. The molecule has 0 bridgehead atoms. The second-order valence-corrected chi connectivity index (χ2v) is 6.80. The summed E-state index contributed by atoms with van der Waals surface area (Å²) in [6, 6.07) is 7.37. The van der Waals surface area contributed by atoms with E-state index in [0.717, 1.165) is 49.7 Å². The minimum atomic E-state index is -0.442. The Morgan fingerprint density at radius 1 is 1.32 bits per heavy atom. The molecule has 1 saturated heterocycles. The SMILES string of the molecule is CNC(C(=O)NCc1ccccc1OCCN1CCOCC1)c1cnn(C)c1. The van der Waals surface area contributed by atoms with Crippen molar-refractivity contribution in [2.24, 2.45) is 7.05 Å². The molecule has 1 unspecified atom stereocenters. The normalized spacial score (nSPS) is 15.9. The summed E-state index contributed by atoms with van der Waals surface area (Å²) in [4.78, 5) is 15.0. The maximum atomic E-state index is 12.6. The lowest BCUT2D eigenvalue weighted by Crippen LogP contribution is -2.38. The van der Waals surface area contributed by atoms with Crippen LogP contribution < -0.4 is 15.4 Å². The number of amides is 1. The van der Waals surface area contributed by atoms with Crippen molar-refractivity contribution in [3.8, 4) is 5.75 Å². The van der Waals surface area contributed by atoms with Crippen LogP contribution in [-0.2, 0) is 23.1 Å². The predicted molar refractivity (Wildman–Crippen MR) is 106 cm³/mol. The molecular weight excluding hydrogens is 358 g/mol. The number of rotatable bonds is 9. The van der Waals surface area contributed by atoms with Gasteiger partial charge in [-0.3, -0.25) is 14.4 Å². The molecule has 0 radical (unpaired) electrons. The molecule has 28 heavy (non-hydrogen) atoms. The lowest BCUT2D eigenvalue weighted by atomic mass is 10.1. The molecule has 1 aromatic carbocycles. The van der Waals surface area contributed by atoms with E-state index in [1.54, 1.807) is 17.9 Å². The number of nitrogens with one attached hydrogen (secondary N) is 2. The number of ether oxygens (including phenoxy) is 2. The van der Waals surface area contributed by atoms with E-state index in [2.05, 4.69) is 20.6 Å². The number of aryl methyl sites for hydroxylation is 1. The van der Waals surface area contributed by atoms with Crippen molar-refractivity contribution in [3.63, 3.8) is 0 Å². The molecule has 2 N–H and O–H groups in total. The smallest absolute Gasteiger partial charge is 0.242 e. The van der Waals surface area contributed by atoms with Crippen LogP contribution in [0.4, 0.5) is 0 Å². The third-order valence-electron chi connectivity index (χ3n) is 4.80. The molecule has 1 amide bonds. The van der Waals surface area contributed by atoms with Crippen LogP contribution in [0.3, 0.4) is 0 Å². The van der Waals surface area contributed by atoms with E-state index in [1.165, 1.54) is 0 Å². The number of likely N-dealkylation sites (N-methyl/N-ethyl adjacent to an activating group) is 1. The standard InChI is InChI=1S/C20H29N5O3/c1-21-19(17-14-23-24(2)15-17)20(26)22-13-16-5-3-4-6-18(16)28-12-9-25-7-10-27-11-8-25/h3-6,14-15,19,21H,7-13H2,1-2H3,(H,22,26). The molecule has 152 valence electrons. The number of nitrogens with zero attached hydrogens (tertiary/aromatic N) is 3. The first kappa shape index (κ1) is 20.3. The number of hydrogen-bond donors (Lipinski definition) is 2. The van der Waals surface area contributed by atoms with Crippen molar-refractivity contribution in [1.29, 1.82) is 0 Å². The number of carbonyl (C=O) groups excluding carboxylic acids is 1. The van der Waals surface area contributed by atoms with Gasteiger partial charge in [-0.1, -0.05) is 18.2 Å². The number of carbonyl (C=O) groups is 1. The molecule has 2 heterocycles. The van der Waals surface area contributed by atoms with Crippen molar-refractivity contribution in [2.45, 2.75) is 12.6 Å². The van der Waals surface area contributed by atoms with Gasteiger partial charge < -0.3 is 20.1 Å². The first-order chi connectivity index (χ1) is 13.7. The van der Waals surface area contributed by atoms with Crippen LogP contribution in [0.1, 0.15) is 17.2 Å². The zero-order chi connectivity index (χ0) is 19.8. The highest BCUT2D eigenvalue weighted by Crippen LogP contribution is 2.18. The van der Waals surface area contributed by atoms with Gasteiger partial charge in [0.15, 0.2) is 0 Å². The Morgan fingerprint density at radius 2 is 2.11 bits per heavy atom. The average molecular weight is 387 g/mol. The quantitative estimate of drug-likeness (QED) is 0.660. The van der Waals surface area contributed by atoms with Crippen molar-refractivity contribution in [1.82, 2.24) is 25.3 Å². The molecule has 1 aliphatic rings. The lowest BCUT2D eigenvalue weighted by molar-refractivity contribution is -0.123. The topological polar surface area (TPSA) is 80.7 Å². The molecule has 1 atom stereocenters. The highest BCUT2D eigenvalue weighted by molar-refractivity contribution is 5.83. The first-order valence-electron chi connectivity index (χ1n) is 9.61. The fourth-order valence-corrected chi connectivity index (χ4v) is 3.22. The van der Waals surface area contributed by atoms with Crippen molar-refractivity contribution in [3.05, 3.63) is 47.8 Å². The number of aromatic nitrogens is 2. The van der Waals surface area contributed by atoms with Gasteiger partial charge in [0.2, 0.25) is 5.91 Å². The van der Waals surface area contributed by atoms with E-state index in [4.69, 9.17) is 9.47 Å². The maximum Gasteiger partial charge on any atom is 0.242 e. The fourth-order valence-electron chi connectivity index (χ4n) is 3.22. The third kappa shape index (κ3) is 5.54. The number of morpholine rings is 1. The zero-order valence-electron chi connectivity index (χ0n) is 16.6. The van der Waals surface area contributed by atoms with Crippen LogP contribution >= 0.6 is 0 Å². The van der Waals surface area contributed by atoms with Gasteiger partial charge in [0.05, 0.1) is 19.4 Å². The molecule has 8 nitrogen and oxygen atoms in total. The van der Waals surface area contributed by atoms with Crippen LogP contribution in [0.25, 0.3) is 0 Å². The molecule has 0 aliphatic carbocycles. The molecule has 0 saturated carbocycles. The van der Waals surface area contributed by atoms with E-state index in [-0.39, 0.29) is 5.91 Å². The van der Waals surface area contributed by atoms with Crippen LogP contribution in [0.15, 0.2) is 36.7 Å². The Kier molecular flexibility index (Phi) is 7.41.